The Labute approximate surface area is 171 Å². The minimum absolute atomic E-state index is 0.00483. The summed E-state index contributed by atoms with van der Waals surface area (Å²) >= 11 is 3.45. The first-order chi connectivity index (χ1) is 12.8. The van der Waals surface area contributed by atoms with Crippen LogP contribution in [0.2, 0.25) is 0 Å². The first kappa shape index (κ1) is 19.5. The molecule has 0 spiro atoms. The maximum absolute atomic E-state index is 9.69. The van der Waals surface area contributed by atoms with Gasteiger partial charge in [0, 0.05) is 22.3 Å². The van der Waals surface area contributed by atoms with Gasteiger partial charge in [-0.2, -0.15) is 5.26 Å². The number of rotatable bonds is 3. The van der Waals surface area contributed by atoms with Crippen molar-refractivity contribution in [2.45, 2.75) is 40.2 Å². The molecule has 0 fully saturated rings. The average Bonchev–Trinajstić information content (AvgIpc) is 2.61. The minimum Gasteiger partial charge on any atom is -0.363 e. The Balaban J connectivity index is 2.13. The monoisotopic (exact) mass is 420 g/mol. The lowest BCUT2D eigenvalue weighted by Crippen LogP contribution is -2.44. The van der Waals surface area contributed by atoms with Gasteiger partial charge in [0.25, 0.3) is 0 Å². The maximum Gasteiger partial charge on any atom is 0.0998 e. The lowest BCUT2D eigenvalue weighted by molar-refractivity contribution is 0.566. The van der Waals surface area contributed by atoms with Crippen LogP contribution >= 0.6 is 15.9 Å². The number of fused-ring (bicyclic) bond motifs is 1. The summed E-state index contributed by atoms with van der Waals surface area (Å²) < 4.78 is 1.01. The maximum atomic E-state index is 9.69. The Hall–Kier alpha value is -2.31. The molecule has 0 aromatic heterocycles. The van der Waals surface area contributed by atoms with Crippen LogP contribution in [0.5, 0.6) is 0 Å². The molecule has 3 rings (SSSR count). The molecule has 0 bridgehead atoms. The predicted molar refractivity (Wildman–Crippen MR) is 120 cm³/mol. The van der Waals surface area contributed by atoms with E-state index in [-0.39, 0.29) is 5.54 Å². The molecule has 1 aliphatic rings. The number of nitrogens with zero attached hydrogens (tertiary/aromatic N) is 2. The van der Waals surface area contributed by atoms with Crippen LogP contribution in [0.4, 0.5) is 5.69 Å². The van der Waals surface area contributed by atoms with Crippen molar-refractivity contribution < 1.29 is 0 Å². The van der Waals surface area contributed by atoms with Gasteiger partial charge in [-0.05, 0) is 87.2 Å². The quantitative estimate of drug-likeness (QED) is 0.401. The predicted octanol–water partition coefficient (Wildman–Crippen LogP) is 6.84. The van der Waals surface area contributed by atoms with Crippen LogP contribution < -0.4 is 4.90 Å². The number of hydrogen-bond acceptors (Lipinski definition) is 2. The van der Waals surface area contributed by atoms with Crippen molar-refractivity contribution in [2.24, 2.45) is 0 Å². The number of hydrogen-bond donors (Lipinski definition) is 0. The summed E-state index contributed by atoms with van der Waals surface area (Å²) in [4.78, 5) is 2.44. The second-order valence-electron chi connectivity index (χ2n) is 7.63. The molecule has 3 heteroatoms. The number of allylic oxidation sites excluding steroid dienone is 2. The molecule has 2 nitrogen and oxygen atoms in total. The van der Waals surface area contributed by atoms with Crippen molar-refractivity contribution >= 4 is 38.8 Å². The third kappa shape index (κ3) is 3.73. The van der Waals surface area contributed by atoms with Gasteiger partial charge in [-0.25, -0.2) is 0 Å². The van der Waals surface area contributed by atoms with Gasteiger partial charge < -0.3 is 4.90 Å². The first-order valence-corrected chi connectivity index (χ1v) is 10.1. The molecule has 0 atom stereocenters. The summed E-state index contributed by atoms with van der Waals surface area (Å²) in [6, 6.07) is 14.7. The normalized spacial score (nSPS) is 15.8. The number of nitriles is 1. The van der Waals surface area contributed by atoms with Crippen molar-refractivity contribution in [1.29, 1.82) is 5.26 Å². The highest BCUT2D eigenvalue weighted by Gasteiger charge is 2.30. The molecule has 1 heterocycles. The number of aryl methyl sites for hydroxylation is 1. The fourth-order valence-electron chi connectivity index (χ4n) is 3.94. The summed E-state index contributed by atoms with van der Waals surface area (Å²) in [6.45, 7) is 12.0. The van der Waals surface area contributed by atoms with Crippen molar-refractivity contribution in [3.05, 3.63) is 69.2 Å². The Kier molecular flexibility index (Phi) is 5.31. The Morgan fingerprint density at radius 2 is 1.85 bits per heavy atom. The SMILES string of the molecule is CCN1c2cc(C)c(/C=C(/C#N)c3ccc(Br)cc3)cc2C(C)=CC1(C)C. The fourth-order valence-corrected chi connectivity index (χ4v) is 4.21. The molecule has 0 unspecified atom stereocenters. The number of halogens is 1. The molecule has 1 aliphatic heterocycles. The van der Waals surface area contributed by atoms with E-state index in [2.05, 4.69) is 79.7 Å². The third-order valence-electron chi connectivity index (χ3n) is 5.26. The van der Waals surface area contributed by atoms with Gasteiger partial charge in [0.1, 0.15) is 0 Å². The molecule has 0 saturated heterocycles. The zero-order valence-corrected chi connectivity index (χ0v) is 18.2. The fraction of sp³-hybridized carbons (Fsp3) is 0.292. The number of likely N-dealkylation sites (N-methyl/N-ethyl adjacent to an activating group) is 1. The molecule has 2 aromatic rings. The summed E-state index contributed by atoms with van der Waals surface area (Å²) in [7, 11) is 0. The Morgan fingerprint density at radius 3 is 2.44 bits per heavy atom. The number of anilines is 1. The molecular formula is C24H25BrN2. The van der Waals surface area contributed by atoms with Crippen LogP contribution in [0.3, 0.4) is 0 Å². The van der Waals surface area contributed by atoms with Gasteiger partial charge in [-0.1, -0.05) is 34.1 Å². The van der Waals surface area contributed by atoms with Crippen LogP contribution in [0.1, 0.15) is 49.9 Å². The van der Waals surface area contributed by atoms with E-state index in [4.69, 9.17) is 0 Å². The second-order valence-corrected chi connectivity index (χ2v) is 8.54. The molecule has 138 valence electrons. The van der Waals surface area contributed by atoms with Crippen molar-refractivity contribution in [3.8, 4) is 6.07 Å². The highest BCUT2D eigenvalue weighted by Crippen LogP contribution is 2.40. The van der Waals surface area contributed by atoms with Gasteiger partial charge in [-0.3, -0.25) is 0 Å². The summed E-state index contributed by atoms with van der Waals surface area (Å²) in [6.07, 6.45) is 4.34. The first-order valence-electron chi connectivity index (χ1n) is 9.26. The zero-order chi connectivity index (χ0) is 19.8. The van der Waals surface area contributed by atoms with Gasteiger partial charge in [0.15, 0.2) is 0 Å². The third-order valence-corrected chi connectivity index (χ3v) is 5.79. The number of benzene rings is 2. The van der Waals surface area contributed by atoms with Crippen LogP contribution in [-0.2, 0) is 0 Å². The van der Waals surface area contributed by atoms with Gasteiger partial charge in [-0.15, -0.1) is 0 Å². The summed E-state index contributed by atoms with van der Waals surface area (Å²) in [5, 5.41) is 9.69. The molecule has 0 amide bonds. The van der Waals surface area contributed by atoms with E-state index in [0.717, 1.165) is 22.1 Å². The van der Waals surface area contributed by atoms with E-state index in [1.54, 1.807) is 0 Å². The van der Waals surface area contributed by atoms with Gasteiger partial charge in [0.2, 0.25) is 0 Å². The molecule has 2 aromatic carbocycles. The summed E-state index contributed by atoms with van der Waals surface area (Å²) in [5.41, 5.74) is 7.71. The minimum atomic E-state index is 0.00483. The molecule has 0 N–H and O–H groups in total. The smallest absolute Gasteiger partial charge is 0.0998 e. The molecule has 27 heavy (non-hydrogen) atoms. The van der Waals surface area contributed by atoms with E-state index in [1.807, 2.05) is 30.3 Å². The molecular weight excluding hydrogens is 396 g/mol. The van der Waals surface area contributed by atoms with E-state index >= 15 is 0 Å². The molecule has 0 saturated carbocycles. The van der Waals surface area contributed by atoms with Crippen LogP contribution in [-0.4, -0.2) is 12.1 Å². The van der Waals surface area contributed by atoms with Gasteiger partial charge in [0.05, 0.1) is 17.2 Å². The average molecular weight is 421 g/mol. The molecule has 0 radical (unpaired) electrons. The van der Waals surface area contributed by atoms with Crippen LogP contribution in [0.15, 0.2) is 46.9 Å². The molecule has 0 aliphatic carbocycles. The van der Waals surface area contributed by atoms with E-state index in [9.17, 15) is 5.26 Å². The van der Waals surface area contributed by atoms with Gasteiger partial charge >= 0.3 is 0 Å². The lowest BCUT2D eigenvalue weighted by Gasteiger charge is -2.43. The van der Waals surface area contributed by atoms with Crippen molar-refractivity contribution in [1.82, 2.24) is 0 Å². The van der Waals surface area contributed by atoms with E-state index in [0.29, 0.717) is 5.57 Å². The zero-order valence-electron chi connectivity index (χ0n) is 16.6. The van der Waals surface area contributed by atoms with Crippen LogP contribution in [0.25, 0.3) is 17.2 Å². The summed E-state index contributed by atoms with van der Waals surface area (Å²) in [5.74, 6) is 0. The highest BCUT2D eigenvalue weighted by molar-refractivity contribution is 9.10. The lowest BCUT2D eigenvalue weighted by atomic mass is 9.86. The van der Waals surface area contributed by atoms with Crippen molar-refractivity contribution in [3.63, 3.8) is 0 Å². The Bertz CT molecular complexity index is 973. The van der Waals surface area contributed by atoms with Crippen LogP contribution in [0, 0.1) is 18.3 Å². The standard InChI is InChI=1S/C24H25BrN2/c1-6-27-23-11-16(2)19(13-22(23)17(3)14-24(27,4)5)12-20(15-26)18-7-9-21(25)10-8-18/h7-14H,6H2,1-5H3/b20-12-. The topological polar surface area (TPSA) is 27.0 Å². The Morgan fingerprint density at radius 1 is 1.19 bits per heavy atom. The van der Waals surface area contributed by atoms with Crippen molar-refractivity contribution in [2.75, 3.05) is 11.4 Å². The second kappa shape index (κ2) is 7.37. The van der Waals surface area contributed by atoms with E-state index < -0.39 is 0 Å². The largest absolute Gasteiger partial charge is 0.363 e. The highest BCUT2D eigenvalue weighted by atomic mass is 79.9. The van der Waals surface area contributed by atoms with E-state index in [1.165, 1.54) is 22.4 Å².